The Morgan fingerprint density at radius 3 is 2.83 bits per heavy atom. The van der Waals surface area contributed by atoms with Crippen molar-refractivity contribution in [3.63, 3.8) is 0 Å². The maximum Gasteiger partial charge on any atom is 0.323 e. The fourth-order valence-corrected chi connectivity index (χ4v) is 2.52. The van der Waals surface area contributed by atoms with Crippen LogP contribution in [-0.2, 0) is 4.79 Å². The van der Waals surface area contributed by atoms with Crippen molar-refractivity contribution in [3.05, 3.63) is 24.3 Å². The van der Waals surface area contributed by atoms with E-state index in [2.05, 4.69) is 5.32 Å². The van der Waals surface area contributed by atoms with Gasteiger partial charge in [0.2, 0.25) is 0 Å². The van der Waals surface area contributed by atoms with Crippen molar-refractivity contribution in [3.8, 4) is 5.75 Å². The van der Waals surface area contributed by atoms with Gasteiger partial charge in [0.25, 0.3) is 0 Å². The SMILES string of the molecule is CNC(C)(CCSc1cccc(OC)c1)C(=O)O. The topological polar surface area (TPSA) is 58.6 Å². The zero-order valence-corrected chi connectivity index (χ0v) is 11.7. The molecule has 0 aliphatic heterocycles. The first-order valence-electron chi connectivity index (χ1n) is 5.71. The summed E-state index contributed by atoms with van der Waals surface area (Å²) < 4.78 is 5.14. The van der Waals surface area contributed by atoms with Crippen LogP contribution in [0.2, 0.25) is 0 Å². The second kappa shape index (κ2) is 6.66. The summed E-state index contributed by atoms with van der Waals surface area (Å²) in [6, 6.07) is 7.75. The van der Waals surface area contributed by atoms with Gasteiger partial charge in [0.05, 0.1) is 7.11 Å². The van der Waals surface area contributed by atoms with Gasteiger partial charge in [-0.05, 0) is 38.6 Å². The monoisotopic (exact) mass is 269 g/mol. The maximum absolute atomic E-state index is 11.1. The number of hydrogen-bond donors (Lipinski definition) is 2. The number of carbonyl (C=O) groups is 1. The Kier molecular flexibility index (Phi) is 5.50. The van der Waals surface area contributed by atoms with E-state index in [1.165, 1.54) is 0 Å². The Morgan fingerprint density at radius 2 is 2.28 bits per heavy atom. The van der Waals surface area contributed by atoms with Crippen LogP contribution in [0.25, 0.3) is 0 Å². The molecule has 0 heterocycles. The van der Waals surface area contributed by atoms with Crippen molar-refractivity contribution in [1.82, 2.24) is 5.32 Å². The molecule has 1 aromatic rings. The molecule has 0 fully saturated rings. The van der Waals surface area contributed by atoms with Gasteiger partial charge >= 0.3 is 5.97 Å². The van der Waals surface area contributed by atoms with Crippen LogP contribution in [0, 0.1) is 0 Å². The number of hydrogen-bond acceptors (Lipinski definition) is 4. The van der Waals surface area contributed by atoms with Crippen LogP contribution in [0.4, 0.5) is 0 Å². The lowest BCUT2D eigenvalue weighted by molar-refractivity contribution is -0.144. The Hall–Kier alpha value is -1.20. The molecule has 18 heavy (non-hydrogen) atoms. The summed E-state index contributed by atoms with van der Waals surface area (Å²) in [5, 5.41) is 12.0. The predicted molar refractivity (Wildman–Crippen MR) is 73.4 cm³/mol. The lowest BCUT2D eigenvalue weighted by Gasteiger charge is -2.23. The van der Waals surface area contributed by atoms with Crippen molar-refractivity contribution in [2.75, 3.05) is 19.9 Å². The van der Waals surface area contributed by atoms with Crippen LogP contribution >= 0.6 is 11.8 Å². The fourth-order valence-electron chi connectivity index (χ4n) is 1.40. The van der Waals surface area contributed by atoms with Gasteiger partial charge in [-0.1, -0.05) is 6.07 Å². The molecular weight excluding hydrogens is 250 g/mol. The highest BCUT2D eigenvalue weighted by Gasteiger charge is 2.30. The molecule has 0 amide bonds. The van der Waals surface area contributed by atoms with Crippen LogP contribution in [0.1, 0.15) is 13.3 Å². The normalized spacial score (nSPS) is 13.9. The summed E-state index contributed by atoms with van der Waals surface area (Å²) in [7, 11) is 3.30. The van der Waals surface area contributed by atoms with E-state index in [1.54, 1.807) is 32.8 Å². The minimum absolute atomic E-state index is 0.556. The van der Waals surface area contributed by atoms with Gasteiger partial charge in [0.15, 0.2) is 0 Å². The second-order valence-electron chi connectivity index (χ2n) is 4.16. The summed E-state index contributed by atoms with van der Waals surface area (Å²) in [6.45, 7) is 1.70. The number of thioether (sulfide) groups is 1. The molecule has 0 aliphatic carbocycles. The molecule has 0 aromatic heterocycles. The number of rotatable bonds is 7. The molecule has 1 aromatic carbocycles. The zero-order chi connectivity index (χ0) is 13.6. The van der Waals surface area contributed by atoms with Crippen molar-refractivity contribution < 1.29 is 14.6 Å². The number of carboxylic acid groups (broad SMARTS) is 1. The van der Waals surface area contributed by atoms with Crippen molar-refractivity contribution in [2.45, 2.75) is 23.8 Å². The third kappa shape index (κ3) is 3.92. The first-order chi connectivity index (χ1) is 8.51. The molecule has 4 nitrogen and oxygen atoms in total. The number of likely N-dealkylation sites (N-methyl/N-ethyl adjacent to an activating group) is 1. The Balaban J connectivity index is 2.53. The van der Waals surface area contributed by atoms with E-state index >= 15 is 0 Å². The van der Waals surface area contributed by atoms with Crippen LogP contribution in [0.5, 0.6) is 5.75 Å². The highest BCUT2D eigenvalue weighted by Crippen LogP contribution is 2.25. The van der Waals surface area contributed by atoms with Gasteiger partial charge in [0, 0.05) is 10.6 Å². The number of carboxylic acids is 1. The van der Waals surface area contributed by atoms with Gasteiger partial charge in [-0.25, -0.2) is 0 Å². The van der Waals surface area contributed by atoms with E-state index in [9.17, 15) is 4.79 Å². The summed E-state index contributed by atoms with van der Waals surface area (Å²) >= 11 is 1.63. The van der Waals surface area contributed by atoms with E-state index in [0.717, 1.165) is 16.4 Å². The predicted octanol–water partition coefficient (Wildman–Crippen LogP) is 2.24. The summed E-state index contributed by atoms with van der Waals surface area (Å²) in [4.78, 5) is 12.2. The molecule has 1 unspecified atom stereocenters. The van der Waals surface area contributed by atoms with Crippen LogP contribution in [0.3, 0.4) is 0 Å². The molecule has 0 saturated carbocycles. The lowest BCUT2D eigenvalue weighted by atomic mass is 10.00. The molecule has 0 spiro atoms. The molecule has 0 radical (unpaired) electrons. The fraction of sp³-hybridized carbons (Fsp3) is 0.462. The Labute approximate surface area is 112 Å². The van der Waals surface area contributed by atoms with Gasteiger partial charge in [-0.15, -0.1) is 11.8 Å². The summed E-state index contributed by atoms with van der Waals surface area (Å²) in [6.07, 6.45) is 0.556. The molecule has 0 bridgehead atoms. The molecule has 100 valence electrons. The van der Waals surface area contributed by atoms with E-state index in [-0.39, 0.29) is 0 Å². The number of aliphatic carboxylic acids is 1. The van der Waals surface area contributed by atoms with Crippen molar-refractivity contribution in [2.24, 2.45) is 0 Å². The third-order valence-corrected chi connectivity index (χ3v) is 3.93. The Bertz CT molecular complexity index is 411. The van der Waals surface area contributed by atoms with E-state index in [1.807, 2.05) is 24.3 Å². The molecule has 1 atom stereocenters. The first kappa shape index (κ1) is 14.9. The molecule has 0 aliphatic rings. The van der Waals surface area contributed by atoms with Crippen molar-refractivity contribution >= 4 is 17.7 Å². The first-order valence-corrected chi connectivity index (χ1v) is 6.69. The van der Waals surface area contributed by atoms with Crippen molar-refractivity contribution in [1.29, 1.82) is 0 Å². The summed E-state index contributed by atoms with van der Waals surface area (Å²) in [5.74, 6) is 0.724. The third-order valence-electron chi connectivity index (χ3n) is 2.94. The van der Waals surface area contributed by atoms with Gasteiger partial charge in [-0.2, -0.15) is 0 Å². The van der Waals surface area contributed by atoms with Gasteiger partial charge < -0.3 is 15.2 Å². The number of nitrogens with one attached hydrogen (secondary N) is 1. The minimum Gasteiger partial charge on any atom is -0.497 e. The number of ether oxygens (including phenoxy) is 1. The van der Waals surface area contributed by atoms with Gasteiger partial charge in [-0.3, -0.25) is 4.79 Å². The summed E-state index contributed by atoms with van der Waals surface area (Å²) in [5.41, 5.74) is -0.869. The smallest absolute Gasteiger partial charge is 0.323 e. The highest BCUT2D eigenvalue weighted by molar-refractivity contribution is 7.99. The van der Waals surface area contributed by atoms with E-state index in [4.69, 9.17) is 9.84 Å². The Morgan fingerprint density at radius 1 is 1.56 bits per heavy atom. The molecule has 5 heteroatoms. The van der Waals surface area contributed by atoms with Crippen LogP contribution in [0.15, 0.2) is 29.2 Å². The average Bonchev–Trinajstić information content (AvgIpc) is 2.38. The standard InChI is InChI=1S/C13H19NO3S/c1-13(14-2,12(15)16)7-8-18-11-6-4-5-10(9-11)17-3/h4-6,9,14H,7-8H2,1-3H3,(H,15,16). The quantitative estimate of drug-likeness (QED) is 0.743. The second-order valence-corrected chi connectivity index (χ2v) is 5.33. The molecule has 2 N–H and O–H groups in total. The van der Waals surface area contributed by atoms with Gasteiger partial charge in [0.1, 0.15) is 11.3 Å². The lowest BCUT2D eigenvalue weighted by Crippen LogP contribution is -2.47. The molecular formula is C13H19NO3S. The molecule has 0 saturated heterocycles. The molecule has 1 rings (SSSR count). The van der Waals surface area contributed by atoms with E-state index in [0.29, 0.717) is 6.42 Å². The minimum atomic E-state index is -0.869. The van der Waals surface area contributed by atoms with Crippen LogP contribution < -0.4 is 10.1 Å². The average molecular weight is 269 g/mol. The number of methoxy groups -OCH3 is 1. The van der Waals surface area contributed by atoms with Crippen LogP contribution in [-0.4, -0.2) is 36.5 Å². The highest BCUT2D eigenvalue weighted by atomic mass is 32.2. The largest absolute Gasteiger partial charge is 0.497 e. The maximum atomic E-state index is 11.1. The van der Waals surface area contributed by atoms with E-state index < -0.39 is 11.5 Å². The zero-order valence-electron chi connectivity index (χ0n) is 10.9. The number of benzene rings is 1.